The van der Waals surface area contributed by atoms with Crippen LogP contribution in [0.15, 0.2) is 0 Å². The molecule has 14 heavy (non-hydrogen) atoms. The number of rotatable bonds is 2. The summed E-state index contributed by atoms with van der Waals surface area (Å²) in [6.45, 7) is 2.92. The average Bonchev–Trinajstić information content (AvgIpc) is 2.17. The van der Waals surface area contributed by atoms with Crippen molar-refractivity contribution in [1.82, 2.24) is 0 Å². The molecule has 0 saturated heterocycles. The summed E-state index contributed by atoms with van der Waals surface area (Å²) in [6, 6.07) is 0. The van der Waals surface area contributed by atoms with Gasteiger partial charge < -0.3 is 4.74 Å². The summed E-state index contributed by atoms with van der Waals surface area (Å²) >= 11 is 0. The fraction of sp³-hybridized carbons (Fsp3) is 0.400. The third-order valence-electron chi connectivity index (χ3n) is 2.15. The second-order valence-electron chi connectivity index (χ2n) is 2.93. The van der Waals surface area contributed by atoms with E-state index in [-0.39, 0.29) is 23.3 Å². The van der Waals surface area contributed by atoms with Crippen molar-refractivity contribution >= 4 is 0 Å². The molecule has 0 unspecified atom stereocenters. The molecular formula is C10H11F3O. The van der Waals surface area contributed by atoms with Crippen molar-refractivity contribution in [2.75, 3.05) is 7.11 Å². The first-order valence-corrected chi connectivity index (χ1v) is 4.24. The molecule has 0 N–H and O–H groups in total. The molecule has 0 saturated carbocycles. The van der Waals surface area contributed by atoms with Gasteiger partial charge in [0, 0.05) is 11.1 Å². The van der Waals surface area contributed by atoms with Crippen LogP contribution in [0.5, 0.6) is 5.75 Å². The van der Waals surface area contributed by atoms with Crippen LogP contribution in [0.25, 0.3) is 0 Å². The van der Waals surface area contributed by atoms with Gasteiger partial charge in [-0.1, -0.05) is 6.92 Å². The molecule has 0 aliphatic rings. The predicted molar refractivity (Wildman–Crippen MR) is 47.0 cm³/mol. The molecule has 1 nitrogen and oxygen atoms in total. The van der Waals surface area contributed by atoms with E-state index in [9.17, 15) is 13.2 Å². The van der Waals surface area contributed by atoms with Crippen molar-refractivity contribution in [3.05, 3.63) is 28.6 Å². The lowest BCUT2D eigenvalue weighted by Gasteiger charge is -2.11. The molecule has 4 heteroatoms. The highest BCUT2D eigenvalue weighted by molar-refractivity contribution is 5.40. The minimum Gasteiger partial charge on any atom is -0.493 e. The minimum absolute atomic E-state index is 0.00301. The number of benzene rings is 1. The van der Waals surface area contributed by atoms with Crippen LogP contribution in [-0.4, -0.2) is 7.11 Å². The second-order valence-corrected chi connectivity index (χ2v) is 2.93. The molecular weight excluding hydrogens is 193 g/mol. The Bertz CT molecular complexity index is 297. The van der Waals surface area contributed by atoms with Gasteiger partial charge in [-0.15, -0.1) is 0 Å². The molecule has 1 aromatic rings. The van der Waals surface area contributed by atoms with Crippen LogP contribution in [0.3, 0.4) is 0 Å². The third kappa shape index (κ3) is 1.45. The number of methoxy groups -OCH3 is 1. The SMILES string of the molecule is CCc1c(F)c(C)c(OC)c(F)c1F. The van der Waals surface area contributed by atoms with Crippen molar-refractivity contribution in [3.8, 4) is 5.75 Å². The van der Waals surface area contributed by atoms with Gasteiger partial charge in [-0.2, -0.15) is 4.39 Å². The van der Waals surface area contributed by atoms with Crippen molar-refractivity contribution in [3.63, 3.8) is 0 Å². The fourth-order valence-corrected chi connectivity index (χ4v) is 1.37. The van der Waals surface area contributed by atoms with Crippen molar-refractivity contribution in [1.29, 1.82) is 0 Å². The highest BCUT2D eigenvalue weighted by Gasteiger charge is 2.21. The molecule has 0 amide bonds. The van der Waals surface area contributed by atoms with Crippen molar-refractivity contribution in [2.24, 2.45) is 0 Å². The zero-order valence-electron chi connectivity index (χ0n) is 8.25. The highest BCUT2D eigenvalue weighted by atomic mass is 19.2. The van der Waals surface area contributed by atoms with Gasteiger partial charge in [-0.05, 0) is 13.3 Å². The highest BCUT2D eigenvalue weighted by Crippen LogP contribution is 2.30. The van der Waals surface area contributed by atoms with E-state index in [1.54, 1.807) is 6.92 Å². The number of halogens is 3. The Morgan fingerprint density at radius 2 is 1.64 bits per heavy atom. The van der Waals surface area contributed by atoms with Gasteiger partial charge in [0.15, 0.2) is 11.6 Å². The zero-order chi connectivity index (χ0) is 10.9. The Morgan fingerprint density at radius 1 is 1.07 bits per heavy atom. The molecule has 78 valence electrons. The van der Waals surface area contributed by atoms with E-state index in [2.05, 4.69) is 4.74 Å². The molecule has 0 radical (unpaired) electrons. The summed E-state index contributed by atoms with van der Waals surface area (Å²) in [5.41, 5.74) is -0.232. The van der Waals surface area contributed by atoms with Crippen LogP contribution in [-0.2, 0) is 6.42 Å². The summed E-state index contributed by atoms with van der Waals surface area (Å²) in [4.78, 5) is 0. The first kappa shape index (κ1) is 10.9. The molecule has 1 rings (SSSR count). The van der Waals surface area contributed by atoms with Gasteiger partial charge in [0.2, 0.25) is 5.82 Å². The number of hydrogen-bond acceptors (Lipinski definition) is 1. The fourth-order valence-electron chi connectivity index (χ4n) is 1.37. The predicted octanol–water partition coefficient (Wildman–Crippen LogP) is 2.98. The van der Waals surface area contributed by atoms with Crippen molar-refractivity contribution in [2.45, 2.75) is 20.3 Å². The van der Waals surface area contributed by atoms with E-state index in [1.807, 2.05) is 0 Å². The van der Waals surface area contributed by atoms with E-state index in [4.69, 9.17) is 0 Å². The second kappa shape index (κ2) is 3.90. The maximum absolute atomic E-state index is 13.4. The molecule has 0 fully saturated rings. The first-order valence-electron chi connectivity index (χ1n) is 4.24. The normalized spacial score (nSPS) is 10.4. The van der Waals surface area contributed by atoms with E-state index < -0.39 is 17.5 Å². The van der Waals surface area contributed by atoms with E-state index in [1.165, 1.54) is 14.0 Å². The largest absolute Gasteiger partial charge is 0.493 e. The average molecular weight is 204 g/mol. The Kier molecular flexibility index (Phi) is 3.03. The standard InChI is InChI=1S/C10H11F3O/c1-4-6-7(11)5(2)10(14-3)9(13)8(6)12/h4H2,1-3H3. The monoisotopic (exact) mass is 204 g/mol. The third-order valence-corrected chi connectivity index (χ3v) is 2.15. The first-order chi connectivity index (χ1) is 6.54. The van der Waals surface area contributed by atoms with E-state index in [0.29, 0.717) is 0 Å². The minimum atomic E-state index is -1.16. The van der Waals surface area contributed by atoms with Crippen LogP contribution in [0.1, 0.15) is 18.1 Å². The molecule has 0 aliphatic heterocycles. The van der Waals surface area contributed by atoms with Gasteiger partial charge in [-0.25, -0.2) is 8.78 Å². The number of hydrogen-bond donors (Lipinski definition) is 0. The van der Waals surface area contributed by atoms with Gasteiger partial charge in [-0.3, -0.25) is 0 Å². The van der Waals surface area contributed by atoms with Gasteiger partial charge in [0.05, 0.1) is 7.11 Å². The molecule has 0 bridgehead atoms. The van der Waals surface area contributed by atoms with E-state index in [0.717, 1.165) is 0 Å². The lowest BCUT2D eigenvalue weighted by Crippen LogP contribution is -2.04. The molecule has 0 heterocycles. The lowest BCUT2D eigenvalue weighted by atomic mass is 10.1. The Morgan fingerprint density at radius 3 is 2.07 bits per heavy atom. The van der Waals surface area contributed by atoms with Gasteiger partial charge in [0.25, 0.3) is 0 Å². The lowest BCUT2D eigenvalue weighted by molar-refractivity contribution is 0.359. The van der Waals surface area contributed by atoms with Crippen LogP contribution < -0.4 is 4.74 Å². The van der Waals surface area contributed by atoms with Crippen LogP contribution in [0, 0.1) is 24.4 Å². The quantitative estimate of drug-likeness (QED) is 0.673. The molecule has 1 aromatic carbocycles. The molecule has 0 aliphatic carbocycles. The van der Waals surface area contributed by atoms with Crippen LogP contribution >= 0.6 is 0 Å². The summed E-state index contributed by atoms with van der Waals surface area (Å²) in [5.74, 6) is -3.38. The topological polar surface area (TPSA) is 9.23 Å². The van der Waals surface area contributed by atoms with Gasteiger partial charge in [0.1, 0.15) is 5.82 Å². The van der Waals surface area contributed by atoms with E-state index >= 15 is 0 Å². The Labute approximate surface area is 80.5 Å². The Balaban J connectivity index is 3.55. The summed E-state index contributed by atoms with van der Waals surface area (Å²) in [5, 5.41) is 0. The zero-order valence-corrected chi connectivity index (χ0v) is 8.25. The smallest absolute Gasteiger partial charge is 0.201 e. The maximum Gasteiger partial charge on any atom is 0.201 e. The molecule has 0 aromatic heterocycles. The van der Waals surface area contributed by atoms with Crippen LogP contribution in [0.4, 0.5) is 13.2 Å². The van der Waals surface area contributed by atoms with Crippen LogP contribution in [0.2, 0.25) is 0 Å². The summed E-state index contributed by atoms with van der Waals surface area (Å²) in [7, 11) is 1.18. The Hall–Kier alpha value is -1.19. The molecule has 0 spiro atoms. The summed E-state index contributed by atoms with van der Waals surface area (Å²) < 4.78 is 44.4. The maximum atomic E-state index is 13.4. The molecule has 0 atom stereocenters. The summed E-state index contributed by atoms with van der Waals surface area (Å²) in [6.07, 6.45) is 0.111. The van der Waals surface area contributed by atoms with Gasteiger partial charge >= 0.3 is 0 Å². The number of ether oxygens (including phenoxy) is 1. The van der Waals surface area contributed by atoms with Crippen molar-refractivity contribution < 1.29 is 17.9 Å².